The minimum Gasteiger partial charge on any atom is -0.465 e. The predicted octanol–water partition coefficient (Wildman–Crippen LogP) is 16.6. The maximum atomic E-state index is 14.0. The molecule has 0 aromatic carbocycles. The van der Waals surface area contributed by atoms with Crippen LogP contribution >= 0.6 is 0 Å². The lowest BCUT2D eigenvalue weighted by Crippen LogP contribution is -2.41. The Hall–Kier alpha value is -1.14. The highest BCUT2D eigenvalue weighted by Crippen LogP contribution is 2.24. The van der Waals surface area contributed by atoms with Gasteiger partial charge in [-0.25, -0.2) is 0 Å². The van der Waals surface area contributed by atoms with E-state index in [1.165, 1.54) is 161 Å². The van der Waals surface area contributed by atoms with Crippen LogP contribution < -0.4 is 0 Å². The number of esters is 2. The SMILES string of the molecule is CCCCCCCCCCCC(OC(=O)C(CCCCCC)CCCCCCCC)N(CCCO)CCCCCCCCCCCCOC(=O)C(CCCC)CCCCC. The number of rotatable bonds is 49. The molecule has 6 heteroatoms. The first-order chi connectivity index (χ1) is 29.5. The number of hydrogen-bond donors (Lipinski definition) is 1. The van der Waals surface area contributed by atoms with Crippen LogP contribution in [0, 0.1) is 11.8 Å². The van der Waals surface area contributed by atoms with Gasteiger partial charge in [-0.05, 0) is 57.8 Å². The Balaban J connectivity index is 4.94. The number of unbranched alkanes of at least 4 members (excludes halogenated alkanes) is 28. The van der Waals surface area contributed by atoms with Crippen molar-refractivity contribution in [2.24, 2.45) is 11.8 Å². The molecule has 60 heavy (non-hydrogen) atoms. The van der Waals surface area contributed by atoms with Crippen molar-refractivity contribution in [3.8, 4) is 0 Å². The summed E-state index contributed by atoms with van der Waals surface area (Å²) in [5.74, 6) is 0.215. The summed E-state index contributed by atoms with van der Waals surface area (Å²) in [6.45, 7) is 13.7. The van der Waals surface area contributed by atoms with E-state index in [0.29, 0.717) is 6.61 Å². The molecule has 0 heterocycles. The van der Waals surface area contributed by atoms with Gasteiger partial charge in [0.25, 0.3) is 0 Å². The van der Waals surface area contributed by atoms with Crippen molar-refractivity contribution in [1.29, 1.82) is 0 Å². The van der Waals surface area contributed by atoms with Crippen molar-refractivity contribution >= 4 is 11.9 Å². The standard InChI is InChI=1S/C54H107NO5/c1-6-11-16-19-21-24-27-31-37-45-52(60-54(58)51(43-35-18-13-8-3)44-36-30-20-17-12-7-2)55(47-40-48-56)46-38-32-28-25-22-23-26-29-33-39-49-59-53(57)50(41-15-10-5)42-34-14-9-4/h50-52,56H,6-49H2,1-5H3. The molecule has 3 atom stereocenters. The van der Waals surface area contributed by atoms with E-state index < -0.39 is 0 Å². The Morgan fingerprint density at radius 2 is 0.717 bits per heavy atom. The van der Waals surface area contributed by atoms with Crippen molar-refractivity contribution in [2.75, 3.05) is 26.3 Å². The average Bonchev–Trinajstić information content (AvgIpc) is 3.25. The van der Waals surface area contributed by atoms with Gasteiger partial charge in [-0.3, -0.25) is 14.5 Å². The summed E-state index contributed by atoms with van der Waals surface area (Å²) >= 11 is 0. The third-order valence-electron chi connectivity index (χ3n) is 12.9. The Bertz CT molecular complexity index is 882. The second-order valence-corrected chi connectivity index (χ2v) is 18.8. The van der Waals surface area contributed by atoms with Gasteiger partial charge in [0, 0.05) is 19.7 Å². The molecule has 0 aliphatic rings. The van der Waals surface area contributed by atoms with Crippen LogP contribution in [0.5, 0.6) is 0 Å². The van der Waals surface area contributed by atoms with E-state index in [1.54, 1.807) is 0 Å². The molecule has 0 aromatic heterocycles. The topological polar surface area (TPSA) is 76.1 Å². The van der Waals surface area contributed by atoms with Gasteiger partial charge in [0.1, 0.15) is 0 Å². The fraction of sp³-hybridized carbons (Fsp3) is 0.963. The summed E-state index contributed by atoms with van der Waals surface area (Å²) in [4.78, 5) is 29.1. The minimum atomic E-state index is -0.173. The average molecular weight is 850 g/mol. The summed E-state index contributed by atoms with van der Waals surface area (Å²) in [6, 6.07) is 0. The zero-order valence-electron chi connectivity index (χ0n) is 41.4. The van der Waals surface area contributed by atoms with Crippen LogP contribution in [0.25, 0.3) is 0 Å². The number of ether oxygens (including phenoxy) is 2. The highest BCUT2D eigenvalue weighted by Gasteiger charge is 2.27. The molecule has 3 unspecified atom stereocenters. The third-order valence-corrected chi connectivity index (χ3v) is 12.9. The highest BCUT2D eigenvalue weighted by molar-refractivity contribution is 5.72. The van der Waals surface area contributed by atoms with E-state index in [1.807, 2.05) is 0 Å². The van der Waals surface area contributed by atoms with Gasteiger partial charge in [-0.15, -0.1) is 0 Å². The Kier molecular flexibility index (Phi) is 46.4. The van der Waals surface area contributed by atoms with Crippen LogP contribution in [0.4, 0.5) is 0 Å². The zero-order valence-corrected chi connectivity index (χ0v) is 41.4. The number of carbonyl (C=O) groups excluding carboxylic acids is 2. The molecule has 0 saturated carbocycles. The van der Waals surface area contributed by atoms with E-state index in [2.05, 4.69) is 39.5 Å². The van der Waals surface area contributed by atoms with Crippen molar-refractivity contribution < 1.29 is 24.2 Å². The van der Waals surface area contributed by atoms with E-state index >= 15 is 0 Å². The first-order valence-corrected chi connectivity index (χ1v) is 27.2. The van der Waals surface area contributed by atoms with Gasteiger partial charge < -0.3 is 14.6 Å². The van der Waals surface area contributed by atoms with Gasteiger partial charge in [-0.2, -0.15) is 0 Å². The Labute approximate surface area is 375 Å². The summed E-state index contributed by atoms with van der Waals surface area (Å²) in [5, 5.41) is 9.85. The van der Waals surface area contributed by atoms with Gasteiger partial charge in [-0.1, -0.05) is 234 Å². The second kappa shape index (κ2) is 47.3. The summed E-state index contributed by atoms with van der Waals surface area (Å²) in [6.07, 6.45) is 47.1. The molecule has 0 spiro atoms. The zero-order chi connectivity index (χ0) is 44.0. The molecular weight excluding hydrogens is 743 g/mol. The van der Waals surface area contributed by atoms with Gasteiger partial charge >= 0.3 is 11.9 Å². The van der Waals surface area contributed by atoms with Crippen molar-refractivity contribution in [1.82, 2.24) is 4.90 Å². The van der Waals surface area contributed by atoms with Crippen molar-refractivity contribution in [3.05, 3.63) is 0 Å². The normalized spacial score (nSPS) is 13.2. The molecule has 0 aliphatic heterocycles. The smallest absolute Gasteiger partial charge is 0.310 e. The van der Waals surface area contributed by atoms with Crippen LogP contribution in [-0.2, 0) is 19.1 Å². The largest absolute Gasteiger partial charge is 0.465 e. The lowest BCUT2D eigenvalue weighted by atomic mass is 9.94. The lowest BCUT2D eigenvalue weighted by Gasteiger charge is -2.32. The van der Waals surface area contributed by atoms with Crippen LogP contribution in [0.1, 0.15) is 291 Å². The van der Waals surface area contributed by atoms with Gasteiger partial charge in [0.05, 0.1) is 18.4 Å². The predicted molar refractivity (Wildman–Crippen MR) is 260 cm³/mol. The molecule has 1 N–H and O–H groups in total. The van der Waals surface area contributed by atoms with Crippen molar-refractivity contribution in [3.63, 3.8) is 0 Å². The number of aliphatic hydroxyl groups excluding tert-OH is 1. The first kappa shape index (κ1) is 58.9. The van der Waals surface area contributed by atoms with Crippen LogP contribution in [0.3, 0.4) is 0 Å². The molecular formula is C54H107NO5. The van der Waals surface area contributed by atoms with Crippen LogP contribution in [0.2, 0.25) is 0 Å². The van der Waals surface area contributed by atoms with Crippen LogP contribution in [0.15, 0.2) is 0 Å². The van der Waals surface area contributed by atoms with E-state index in [-0.39, 0.29) is 36.6 Å². The Morgan fingerprint density at radius 1 is 0.383 bits per heavy atom. The molecule has 0 amide bonds. The fourth-order valence-electron chi connectivity index (χ4n) is 8.81. The van der Waals surface area contributed by atoms with E-state index in [0.717, 1.165) is 109 Å². The molecule has 6 nitrogen and oxygen atoms in total. The number of carbonyl (C=O) groups is 2. The maximum absolute atomic E-state index is 14.0. The minimum absolute atomic E-state index is 0.0177. The molecule has 0 fully saturated rings. The van der Waals surface area contributed by atoms with E-state index in [9.17, 15) is 14.7 Å². The lowest BCUT2D eigenvalue weighted by molar-refractivity contribution is -0.166. The summed E-state index contributed by atoms with van der Waals surface area (Å²) < 4.78 is 12.3. The highest BCUT2D eigenvalue weighted by atomic mass is 16.6. The molecule has 0 rings (SSSR count). The fourth-order valence-corrected chi connectivity index (χ4v) is 8.81. The quantitative estimate of drug-likeness (QED) is 0.0373. The second-order valence-electron chi connectivity index (χ2n) is 18.8. The monoisotopic (exact) mass is 850 g/mol. The maximum Gasteiger partial charge on any atom is 0.310 e. The molecule has 0 saturated heterocycles. The van der Waals surface area contributed by atoms with E-state index in [4.69, 9.17) is 9.47 Å². The van der Waals surface area contributed by atoms with Gasteiger partial charge in [0.2, 0.25) is 0 Å². The number of hydrogen-bond acceptors (Lipinski definition) is 6. The molecule has 0 bridgehead atoms. The molecule has 0 aliphatic carbocycles. The first-order valence-electron chi connectivity index (χ1n) is 27.2. The number of aliphatic hydroxyl groups is 1. The molecule has 0 aromatic rings. The Morgan fingerprint density at radius 3 is 1.20 bits per heavy atom. The number of nitrogens with zero attached hydrogens (tertiary/aromatic N) is 1. The van der Waals surface area contributed by atoms with Crippen molar-refractivity contribution in [2.45, 2.75) is 298 Å². The van der Waals surface area contributed by atoms with Crippen LogP contribution in [-0.4, -0.2) is 54.5 Å². The summed E-state index contributed by atoms with van der Waals surface area (Å²) in [5.41, 5.74) is 0. The molecule has 0 radical (unpaired) electrons. The summed E-state index contributed by atoms with van der Waals surface area (Å²) in [7, 11) is 0. The third kappa shape index (κ3) is 37.4. The van der Waals surface area contributed by atoms with Gasteiger partial charge in [0.15, 0.2) is 6.23 Å². The molecule has 358 valence electrons.